The van der Waals surface area contributed by atoms with Gasteiger partial charge < -0.3 is 9.13 Å². The molecule has 3 heteroatoms. The lowest BCUT2D eigenvalue weighted by Gasteiger charge is -2.19. The van der Waals surface area contributed by atoms with Crippen LogP contribution in [-0.2, 0) is 18.9 Å². The van der Waals surface area contributed by atoms with Crippen LogP contribution in [0.1, 0.15) is 59.3 Å². The molecule has 2 rings (SSSR count). The first-order chi connectivity index (χ1) is 10.2. The van der Waals surface area contributed by atoms with E-state index in [9.17, 15) is 4.79 Å². The molecule has 0 saturated heterocycles. The van der Waals surface area contributed by atoms with Crippen LogP contribution in [-0.4, -0.2) is 14.9 Å². The fourth-order valence-corrected chi connectivity index (χ4v) is 3.83. The molecule has 2 unspecified atom stereocenters. The monoisotopic (exact) mass is 300 g/mol. The second kappa shape index (κ2) is 5.79. The van der Waals surface area contributed by atoms with Crippen molar-refractivity contribution in [1.82, 2.24) is 9.13 Å². The lowest BCUT2D eigenvalue weighted by Crippen LogP contribution is -2.18. The van der Waals surface area contributed by atoms with Gasteiger partial charge in [-0.2, -0.15) is 0 Å². The van der Waals surface area contributed by atoms with Crippen LogP contribution in [0.4, 0.5) is 0 Å². The van der Waals surface area contributed by atoms with E-state index in [0.717, 1.165) is 0 Å². The average molecular weight is 300 g/mol. The van der Waals surface area contributed by atoms with E-state index in [1.54, 1.807) is 0 Å². The summed E-state index contributed by atoms with van der Waals surface area (Å²) in [5, 5.41) is 0. The number of aromatic nitrogens is 2. The van der Waals surface area contributed by atoms with Crippen LogP contribution in [0.15, 0.2) is 12.4 Å². The Hall–Kier alpha value is -1.77. The van der Waals surface area contributed by atoms with E-state index >= 15 is 0 Å². The summed E-state index contributed by atoms with van der Waals surface area (Å²) in [5.74, 6) is 0.153. The number of carbonyl (C=O) groups is 1. The van der Waals surface area contributed by atoms with Crippen LogP contribution < -0.4 is 0 Å². The summed E-state index contributed by atoms with van der Waals surface area (Å²) in [6.45, 7) is 12.5. The molecule has 0 radical (unpaired) electrons. The minimum absolute atomic E-state index is 0.0739. The number of nitrogens with zero attached hydrogens (tertiary/aromatic N) is 2. The molecule has 0 aliphatic carbocycles. The molecule has 3 nitrogen and oxygen atoms in total. The van der Waals surface area contributed by atoms with Gasteiger partial charge in [-0.05, 0) is 49.9 Å². The highest BCUT2D eigenvalue weighted by molar-refractivity contribution is 5.92. The van der Waals surface area contributed by atoms with Crippen molar-refractivity contribution in [3.63, 3.8) is 0 Å². The maximum Gasteiger partial charge on any atom is 0.147 e. The summed E-state index contributed by atoms with van der Waals surface area (Å²) in [7, 11) is 4.08. The molecule has 0 aliphatic rings. The Morgan fingerprint density at radius 2 is 1.14 bits per heavy atom. The molecule has 0 aliphatic heterocycles. The van der Waals surface area contributed by atoms with Crippen molar-refractivity contribution < 1.29 is 4.79 Å². The molecule has 0 spiro atoms. The Labute approximate surface area is 134 Å². The molecule has 2 heterocycles. The highest BCUT2D eigenvalue weighted by atomic mass is 16.1. The predicted octanol–water partition coefficient (Wildman–Crippen LogP) is 4.07. The standard InChI is InChI=1S/C19H28N2O/c1-11-9-20(7)15(5)17(11)13(3)19(22)14(4)18-12(2)10-21(8)16(18)6/h9-10,13-14H,1-8H3. The van der Waals surface area contributed by atoms with Crippen molar-refractivity contribution in [2.24, 2.45) is 14.1 Å². The van der Waals surface area contributed by atoms with Gasteiger partial charge in [0.1, 0.15) is 5.78 Å². The Kier molecular flexibility index (Phi) is 4.37. The molecule has 0 N–H and O–H groups in total. The van der Waals surface area contributed by atoms with E-state index in [2.05, 4.69) is 49.2 Å². The molecule has 0 saturated carbocycles. The minimum atomic E-state index is -0.0739. The minimum Gasteiger partial charge on any atom is -0.354 e. The molecular weight excluding hydrogens is 272 g/mol. The molecule has 2 aromatic heterocycles. The van der Waals surface area contributed by atoms with Gasteiger partial charge in [-0.3, -0.25) is 4.79 Å². The second-order valence-electron chi connectivity index (χ2n) is 6.69. The number of hydrogen-bond acceptors (Lipinski definition) is 1. The molecule has 120 valence electrons. The normalized spacial score (nSPS) is 14.2. The van der Waals surface area contributed by atoms with E-state index in [0.29, 0.717) is 5.78 Å². The van der Waals surface area contributed by atoms with Gasteiger partial charge in [0.05, 0.1) is 0 Å². The largest absolute Gasteiger partial charge is 0.354 e. The first kappa shape index (κ1) is 16.6. The average Bonchev–Trinajstić information content (AvgIpc) is 2.84. The zero-order valence-electron chi connectivity index (χ0n) is 15.1. The smallest absolute Gasteiger partial charge is 0.147 e. The van der Waals surface area contributed by atoms with E-state index in [4.69, 9.17) is 0 Å². The Bertz CT molecular complexity index is 658. The van der Waals surface area contributed by atoms with Gasteiger partial charge in [0, 0.05) is 49.7 Å². The topological polar surface area (TPSA) is 26.9 Å². The van der Waals surface area contributed by atoms with Crippen LogP contribution in [0.5, 0.6) is 0 Å². The van der Waals surface area contributed by atoms with Gasteiger partial charge in [-0.15, -0.1) is 0 Å². The van der Waals surface area contributed by atoms with Crippen molar-refractivity contribution in [3.8, 4) is 0 Å². The maximum absolute atomic E-state index is 13.1. The van der Waals surface area contributed by atoms with Gasteiger partial charge in [-0.1, -0.05) is 13.8 Å². The summed E-state index contributed by atoms with van der Waals surface area (Å²) in [6.07, 6.45) is 4.22. The van der Waals surface area contributed by atoms with E-state index < -0.39 is 0 Å². The maximum atomic E-state index is 13.1. The van der Waals surface area contributed by atoms with Gasteiger partial charge in [-0.25, -0.2) is 0 Å². The Morgan fingerprint density at radius 1 is 0.818 bits per heavy atom. The van der Waals surface area contributed by atoms with Gasteiger partial charge >= 0.3 is 0 Å². The second-order valence-corrected chi connectivity index (χ2v) is 6.69. The number of Topliss-reactive ketones (excluding diaryl/α,β-unsaturated/α-hetero) is 1. The number of rotatable bonds is 4. The third kappa shape index (κ3) is 2.53. The van der Waals surface area contributed by atoms with Crippen LogP contribution in [0.2, 0.25) is 0 Å². The number of hydrogen-bond donors (Lipinski definition) is 0. The van der Waals surface area contributed by atoms with Crippen molar-refractivity contribution in [2.75, 3.05) is 0 Å². The summed E-state index contributed by atoms with van der Waals surface area (Å²) in [6, 6.07) is 0. The summed E-state index contributed by atoms with van der Waals surface area (Å²) in [4.78, 5) is 13.1. The van der Waals surface area contributed by atoms with Crippen molar-refractivity contribution in [3.05, 3.63) is 46.0 Å². The van der Waals surface area contributed by atoms with Gasteiger partial charge in [0.25, 0.3) is 0 Å². The predicted molar refractivity (Wildman–Crippen MR) is 91.6 cm³/mol. The van der Waals surface area contributed by atoms with E-state index in [1.807, 2.05) is 27.9 Å². The van der Waals surface area contributed by atoms with Crippen molar-refractivity contribution >= 4 is 5.78 Å². The van der Waals surface area contributed by atoms with Gasteiger partial charge in [0.15, 0.2) is 0 Å². The zero-order chi connectivity index (χ0) is 16.8. The molecular formula is C19H28N2O. The number of ketones is 1. The van der Waals surface area contributed by atoms with Crippen LogP contribution in [0.25, 0.3) is 0 Å². The summed E-state index contributed by atoms with van der Waals surface area (Å²) in [5.41, 5.74) is 7.15. The summed E-state index contributed by atoms with van der Waals surface area (Å²) >= 11 is 0. The number of aryl methyl sites for hydroxylation is 4. The van der Waals surface area contributed by atoms with Gasteiger partial charge in [0.2, 0.25) is 0 Å². The Balaban J connectivity index is 2.38. The lowest BCUT2D eigenvalue weighted by molar-refractivity contribution is -0.121. The SMILES string of the molecule is Cc1cn(C)c(C)c1C(C)C(=O)C(C)c1c(C)cn(C)c1C. The van der Waals surface area contributed by atoms with Crippen LogP contribution in [0, 0.1) is 27.7 Å². The first-order valence-corrected chi connectivity index (χ1v) is 7.95. The van der Waals surface area contributed by atoms with Crippen molar-refractivity contribution in [2.45, 2.75) is 53.4 Å². The molecule has 2 aromatic rings. The molecule has 2 atom stereocenters. The van der Waals surface area contributed by atoms with Crippen LogP contribution >= 0.6 is 0 Å². The highest BCUT2D eigenvalue weighted by Crippen LogP contribution is 2.33. The van der Waals surface area contributed by atoms with E-state index in [-0.39, 0.29) is 11.8 Å². The molecule has 0 bridgehead atoms. The number of carbonyl (C=O) groups excluding carboxylic acids is 1. The lowest BCUT2D eigenvalue weighted by atomic mass is 9.83. The third-order valence-corrected chi connectivity index (χ3v) is 5.18. The quantitative estimate of drug-likeness (QED) is 0.836. The zero-order valence-corrected chi connectivity index (χ0v) is 15.1. The summed E-state index contributed by atoms with van der Waals surface area (Å²) < 4.78 is 4.22. The molecule has 0 amide bonds. The van der Waals surface area contributed by atoms with Crippen LogP contribution in [0.3, 0.4) is 0 Å². The highest BCUT2D eigenvalue weighted by Gasteiger charge is 2.28. The molecule has 22 heavy (non-hydrogen) atoms. The molecule has 0 fully saturated rings. The molecule has 0 aromatic carbocycles. The fraction of sp³-hybridized carbons (Fsp3) is 0.526. The first-order valence-electron chi connectivity index (χ1n) is 7.95. The van der Waals surface area contributed by atoms with E-state index in [1.165, 1.54) is 33.6 Å². The van der Waals surface area contributed by atoms with Crippen molar-refractivity contribution in [1.29, 1.82) is 0 Å². The fourth-order valence-electron chi connectivity index (χ4n) is 3.83. The third-order valence-electron chi connectivity index (χ3n) is 5.18. The Morgan fingerprint density at radius 3 is 1.36 bits per heavy atom.